The second kappa shape index (κ2) is 7.52. The van der Waals surface area contributed by atoms with Crippen LogP contribution in [0.2, 0.25) is 0 Å². The quantitative estimate of drug-likeness (QED) is 0.519. The molecule has 30 heavy (non-hydrogen) atoms. The maximum atomic E-state index is 4.63. The third-order valence-corrected chi connectivity index (χ3v) is 6.12. The number of pyridine rings is 1. The number of aryl methyl sites for hydroxylation is 2. The molecule has 0 saturated heterocycles. The van der Waals surface area contributed by atoms with E-state index in [4.69, 9.17) is 0 Å². The lowest BCUT2D eigenvalue weighted by Gasteiger charge is -2.14. The van der Waals surface area contributed by atoms with E-state index in [1.807, 2.05) is 25.4 Å². The molecule has 0 fully saturated rings. The van der Waals surface area contributed by atoms with Crippen LogP contribution >= 0.6 is 0 Å². The zero-order chi connectivity index (χ0) is 20.7. The van der Waals surface area contributed by atoms with Crippen LogP contribution in [0.1, 0.15) is 54.5 Å². The van der Waals surface area contributed by atoms with Crippen LogP contribution in [-0.2, 0) is 13.0 Å². The largest absolute Gasteiger partial charge is 0.336 e. The number of nitrogens with zero attached hydrogens (tertiary/aromatic N) is 5. The zero-order valence-corrected chi connectivity index (χ0v) is 17.6. The van der Waals surface area contributed by atoms with Crippen molar-refractivity contribution in [2.24, 2.45) is 0 Å². The van der Waals surface area contributed by atoms with Crippen molar-refractivity contribution >= 4 is 0 Å². The Balaban J connectivity index is 1.38. The highest BCUT2D eigenvalue weighted by Crippen LogP contribution is 2.36. The van der Waals surface area contributed by atoms with E-state index in [1.165, 1.54) is 29.5 Å². The van der Waals surface area contributed by atoms with Gasteiger partial charge in [-0.3, -0.25) is 10.1 Å². The van der Waals surface area contributed by atoms with Gasteiger partial charge in [-0.2, -0.15) is 0 Å². The number of rotatable bonds is 5. The monoisotopic (exact) mass is 398 g/mol. The Kier molecular flexibility index (Phi) is 4.69. The summed E-state index contributed by atoms with van der Waals surface area (Å²) in [5.41, 5.74) is 8.96. The number of hydrogen-bond acceptors (Lipinski definition) is 4. The lowest BCUT2D eigenvalue weighted by Crippen LogP contribution is -2.05. The molecule has 6 nitrogen and oxygen atoms in total. The van der Waals surface area contributed by atoms with Crippen molar-refractivity contribution in [3.05, 3.63) is 71.4 Å². The highest BCUT2D eigenvalue weighted by molar-refractivity contribution is 5.67. The van der Waals surface area contributed by atoms with Gasteiger partial charge < -0.3 is 4.57 Å². The van der Waals surface area contributed by atoms with Gasteiger partial charge in [0.25, 0.3) is 0 Å². The molecule has 0 spiro atoms. The van der Waals surface area contributed by atoms with Gasteiger partial charge >= 0.3 is 0 Å². The molecule has 4 aromatic rings. The number of imidazole rings is 1. The molecule has 1 aliphatic carbocycles. The van der Waals surface area contributed by atoms with Gasteiger partial charge in [0.15, 0.2) is 0 Å². The summed E-state index contributed by atoms with van der Waals surface area (Å²) in [6.45, 7) is 7.43. The van der Waals surface area contributed by atoms with Crippen LogP contribution < -0.4 is 0 Å². The van der Waals surface area contributed by atoms with Gasteiger partial charge in [0, 0.05) is 30.4 Å². The van der Waals surface area contributed by atoms with E-state index in [9.17, 15) is 0 Å². The molecule has 1 aromatic carbocycles. The fourth-order valence-electron chi connectivity index (χ4n) is 4.37. The maximum absolute atomic E-state index is 4.63. The molecule has 0 amide bonds. The molecular formula is C24H26N6. The zero-order valence-electron chi connectivity index (χ0n) is 17.6. The van der Waals surface area contributed by atoms with E-state index in [-0.39, 0.29) is 0 Å². The molecular weight excluding hydrogens is 372 g/mol. The van der Waals surface area contributed by atoms with Gasteiger partial charge in [-0.1, -0.05) is 37.3 Å². The first-order valence-corrected chi connectivity index (χ1v) is 10.6. The summed E-state index contributed by atoms with van der Waals surface area (Å²) in [7, 11) is 0. The van der Waals surface area contributed by atoms with Crippen LogP contribution in [0.4, 0.5) is 0 Å². The third kappa shape index (κ3) is 3.43. The highest BCUT2D eigenvalue weighted by atomic mass is 15.3. The minimum atomic E-state index is 0.540. The Morgan fingerprint density at radius 3 is 2.83 bits per heavy atom. The van der Waals surface area contributed by atoms with Gasteiger partial charge in [-0.25, -0.2) is 4.98 Å². The standard InChI is InChI=1S/C24H26N6/c1-15(2)18-6-4-17-5-7-20(21(17)10-18)12-30-13-23(26-14-30)22-11-19(8-9-25-22)24-16(3)27-29-28-24/h4,6,8-11,13-15,20H,5,7,12H2,1-3H3,(H,27,28,29)/t20-/m0/s1. The molecule has 0 radical (unpaired) electrons. The summed E-state index contributed by atoms with van der Waals surface area (Å²) in [5.74, 6) is 1.10. The second-order valence-electron chi connectivity index (χ2n) is 8.52. The lowest BCUT2D eigenvalue weighted by molar-refractivity contribution is 0.555. The van der Waals surface area contributed by atoms with Crippen LogP contribution in [0, 0.1) is 6.92 Å². The predicted octanol–water partition coefficient (Wildman–Crippen LogP) is 4.89. The van der Waals surface area contributed by atoms with Crippen molar-refractivity contribution < 1.29 is 0 Å². The van der Waals surface area contributed by atoms with Crippen LogP contribution in [0.3, 0.4) is 0 Å². The van der Waals surface area contributed by atoms with Crippen LogP contribution in [0.15, 0.2) is 49.1 Å². The fourth-order valence-corrected chi connectivity index (χ4v) is 4.37. The number of aromatic nitrogens is 6. The molecule has 1 N–H and O–H groups in total. The van der Waals surface area contributed by atoms with Gasteiger partial charge in [0.05, 0.1) is 17.7 Å². The summed E-state index contributed by atoms with van der Waals surface area (Å²) >= 11 is 0. The second-order valence-corrected chi connectivity index (χ2v) is 8.52. The van der Waals surface area contributed by atoms with Crippen molar-refractivity contribution in [3.63, 3.8) is 0 Å². The topological polar surface area (TPSA) is 72.3 Å². The van der Waals surface area contributed by atoms with Gasteiger partial charge in [-0.05, 0) is 54.5 Å². The Morgan fingerprint density at radius 2 is 2.03 bits per heavy atom. The number of aromatic amines is 1. The highest BCUT2D eigenvalue weighted by Gasteiger charge is 2.23. The number of hydrogen-bond donors (Lipinski definition) is 1. The molecule has 1 aliphatic rings. The molecule has 0 aliphatic heterocycles. The smallest absolute Gasteiger partial charge is 0.115 e. The molecule has 0 unspecified atom stereocenters. The van der Waals surface area contributed by atoms with Gasteiger partial charge in [-0.15, -0.1) is 5.10 Å². The van der Waals surface area contributed by atoms with E-state index in [0.717, 1.165) is 34.9 Å². The summed E-state index contributed by atoms with van der Waals surface area (Å²) in [5, 5.41) is 10.9. The maximum Gasteiger partial charge on any atom is 0.115 e. The van der Waals surface area contributed by atoms with Crippen molar-refractivity contribution in [3.8, 4) is 22.6 Å². The first kappa shape index (κ1) is 18.7. The Hall–Kier alpha value is -3.28. The van der Waals surface area contributed by atoms with Crippen LogP contribution in [0.25, 0.3) is 22.6 Å². The van der Waals surface area contributed by atoms with Crippen molar-refractivity contribution in [2.75, 3.05) is 0 Å². The molecule has 0 bridgehead atoms. The van der Waals surface area contributed by atoms with Crippen LogP contribution in [-0.4, -0.2) is 29.9 Å². The number of H-pyrrole nitrogens is 1. The number of fused-ring (bicyclic) bond motifs is 1. The first-order valence-electron chi connectivity index (χ1n) is 10.6. The summed E-state index contributed by atoms with van der Waals surface area (Å²) < 4.78 is 2.20. The molecule has 152 valence electrons. The SMILES string of the molecule is Cc1[nH]nnc1-c1ccnc(-c2cn(C[C@@H]3CCc4ccc(C(C)C)cc43)cn2)c1. The van der Waals surface area contributed by atoms with Crippen molar-refractivity contribution in [2.45, 2.75) is 52.0 Å². The molecule has 6 heteroatoms. The van der Waals surface area contributed by atoms with E-state index < -0.39 is 0 Å². The molecule has 5 rings (SSSR count). The minimum Gasteiger partial charge on any atom is -0.336 e. The number of nitrogens with one attached hydrogen (secondary N) is 1. The number of benzene rings is 1. The van der Waals surface area contributed by atoms with E-state index >= 15 is 0 Å². The normalized spacial score (nSPS) is 15.7. The fraction of sp³-hybridized carbons (Fsp3) is 0.333. The minimum absolute atomic E-state index is 0.540. The van der Waals surface area contributed by atoms with Gasteiger partial charge in [0.2, 0.25) is 0 Å². The first-order chi connectivity index (χ1) is 14.6. The van der Waals surface area contributed by atoms with Crippen molar-refractivity contribution in [1.29, 1.82) is 0 Å². The molecule has 3 heterocycles. The Bertz CT molecular complexity index is 1190. The van der Waals surface area contributed by atoms with Crippen molar-refractivity contribution in [1.82, 2.24) is 29.9 Å². The molecule has 1 atom stereocenters. The van der Waals surface area contributed by atoms with E-state index in [1.54, 1.807) is 6.20 Å². The molecule has 3 aromatic heterocycles. The lowest BCUT2D eigenvalue weighted by atomic mass is 9.94. The van der Waals surface area contributed by atoms with E-state index in [0.29, 0.717) is 11.8 Å². The average molecular weight is 399 g/mol. The summed E-state index contributed by atoms with van der Waals surface area (Å²) in [4.78, 5) is 9.16. The average Bonchev–Trinajstić information content (AvgIpc) is 3.48. The third-order valence-electron chi connectivity index (χ3n) is 6.12. The summed E-state index contributed by atoms with van der Waals surface area (Å²) in [6, 6.07) is 11.0. The Morgan fingerprint density at radius 1 is 1.13 bits per heavy atom. The predicted molar refractivity (Wildman–Crippen MR) is 117 cm³/mol. The summed E-state index contributed by atoms with van der Waals surface area (Å²) in [6.07, 6.45) is 8.20. The van der Waals surface area contributed by atoms with E-state index in [2.05, 4.69) is 68.2 Å². The molecule has 0 saturated carbocycles. The Labute approximate surface area is 176 Å². The van der Waals surface area contributed by atoms with Crippen LogP contribution in [0.5, 0.6) is 0 Å². The van der Waals surface area contributed by atoms with Gasteiger partial charge in [0.1, 0.15) is 11.4 Å².